The van der Waals surface area contributed by atoms with E-state index < -0.39 is 0 Å². The predicted octanol–water partition coefficient (Wildman–Crippen LogP) is 1.24. The SMILES string of the molecule is Cc1c(N)cccc1NC(C)C(=O)N1CCOCC1. The van der Waals surface area contributed by atoms with Gasteiger partial charge in [0, 0.05) is 24.5 Å². The van der Waals surface area contributed by atoms with Crippen LogP contribution in [-0.2, 0) is 9.53 Å². The first-order valence-corrected chi connectivity index (χ1v) is 6.57. The normalized spacial score (nSPS) is 17.1. The maximum absolute atomic E-state index is 12.3. The summed E-state index contributed by atoms with van der Waals surface area (Å²) in [6, 6.07) is 5.42. The summed E-state index contributed by atoms with van der Waals surface area (Å²) in [6.07, 6.45) is 0. The number of nitrogens with one attached hydrogen (secondary N) is 1. The highest BCUT2D eigenvalue weighted by atomic mass is 16.5. The molecule has 1 amide bonds. The number of rotatable bonds is 3. The standard InChI is InChI=1S/C14H21N3O2/c1-10-12(15)4-3-5-13(10)16-11(2)14(18)17-6-8-19-9-7-17/h3-5,11,16H,6-9,15H2,1-2H3. The van der Waals surface area contributed by atoms with Gasteiger partial charge < -0.3 is 20.7 Å². The van der Waals surface area contributed by atoms with E-state index in [2.05, 4.69) is 5.32 Å². The van der Waals surface area contributed by atoms with Gasteiger partial charge in [-0.3, -0.25) is 4.79 Å². The van der Waals surface area contributed by atoms with Gasteiger partial charge in [-0.1, -0.05) is 6.07 Å². The third-order valence-electron chi connectivity index (χ3n) is 3.44. The summed E-state index contributed by atoms with van der Waals surface area (Å²) in [4.78, 5) is 14.1. The van der Waals surface area contributed by atoms with E-state index in [1.807, 2.05) is 36.9 Å². The summed E-state index contributed by atoms with van der Waals surface area (Å²) in [5.74, 6) is 0.102. The van der Waals surface area contributed by atoms with E-state index in [9.17, 15) is 4.79 Å². The highest BCUT2D eigenvalue weighted by molar-refractivity contribution is 5.85. The molecule has 104 valence electrons. The van der Waals surface area contributed by atoms with Crippen molar-refractivity contribution >= 4 is 17.3 Å². The molecule has 0 radical (unpaired) electrons. The Morgan fingerprint density at radius 2 is 2.11 bits per heavy atom. The molecular formula is C14H21N3O2. The van der Waals surface area contributed by atoms with E-state index in [-0.39, 0.29) is 11.9 Å². The largest absolute Gasteiger partial charge is 0.398 e. The predicted molar refractivity (Wildman–Crippen MR) is 76.1 cm³/mol. The molecule has 1 fully saturated rings. The van der Waals surface area contributed by atoms with E-state index in [0.717, 1.165) is 16.9 Å². The minimum absolute atomic E-state index is 0.102. The molecule has 1 unspecified atom stereocenters. The molecule has 5 nitrogen and oxygen atoms in total. The Labute approximate surface area is 113 Å². The van der Waals surface area contributed by atoms with E-state index >= 15 is 0 Å². The van der Waals surface area contributed by atoms with E-state index in [1.165, 1.54) is 0 Å². The number of ether oxygens (including phenoxy) is 1. The van der Waals surface area contributed by atoms with Gasteiger partial charge in [-0.25, -0.2) is 0 Å². The second kappa shape index (κ2) is 5.93. The molecule has 0 bridgehead atoms. The van der Waals surface area contributed by atoms with Crippen LogP contribution in [0.5, 0.6) is 0 Å². The Hall–Kier alpha value is -1.75. The quantitative estimate of drug-likeness (QED) is 0.805. The Balaban J connectivity index is 2.01. The Bertz CT molecular complexity index is 456. The van der Waals surface area contributed by atoms with Crippen LogP contribution in [0.4, 0.5) is 11.4 Å². The molecule has 0 spiro atoms. The summed E-state index contributed by atoms with van der Waals surface area (Å²) in [7, 11) is 0. The van der Waals surface area contributed by atoms with Gasteiger partial charge >= 0.3 is 0 Å². The second-order valence-corrected chi connectivity index (χ2v) is 4.82. The van der Waals surface area contributed by atoms with Crippen molar-refractivity contribution in [2.45, 2.75) is 19.9 Å². The molecule has 1 saturated heterocycles. The minimum atomic E-state index is -0.265. The second-order valence-electron chi connectivity index (χ2n) is 4.82. The third kappa shape index (κ3) is 3.17. The molecule has 0 aliphatic carbocycles. The Kier molecular flexibility index (Phi) is 4.27. The van der Waals surface area contributed by atoms with Gasteiger partial charge in [0.1, 0.15) is 6.04 Å². The van der Waals surface area contributed by atoms with Crippen LogP contribution in [0.15, 0.2) is 18.2 Å². The van der Waals surface area contributed by atoms with Gasteiger partial charge in [-0.05, 0) is 31.5 Å². The summed E-state index contributed by atoms with van der Waals surface area (Å²) < 4.78 is 5.25. The fourth-order valence-corrected chi connectivity index (χ4v) is 2.16. The minimum Gasteiger partial charge on any atom is -0.398 e. The van der Waals surface area contributed by atoms with Crippen LogP contribution in [0.25, 0.3) is 0 Å². The lowest BCUT2D eigenvalue weighted by Crippen LogP contribution is -2.47. The number of carbonyl (C=O) groups is 1. The van der Waals surface area contributed by atoms with E-state index in [0.29, 0.717) is 26.3 Å². The van der Waals surface area contributed by atoms with Crippen LogP contribution in [-0.4, -0.2) is 43.2 Å². The smallest absolute Gasteiger partial charge is 0.244 e. The first kappa shape index (κ1) is 13.7. The molecule has 1 atom stereocenters. The van der Waals surface area contributed by atoms with Gasteiger partial charge in [0.05, 0.1) is 13.2 Å². The molecule has 1 aliphatic rings. The highest BCUT2D eigenvalue weighted by Crippen LogP contribution is 2.21. The maximum atomic E-state index is 12.3. The monoisotopic (exact) mass is 263 g/mol. The van der Waals surface area contributed by atoms with Gasteiger partial charge in [0.15, 0.2) is 0 Å². The number of hydrogen-bond acceptors (Lipinski definition) is 4. The number of benzene rings is 1. The molecular weight excluding hydrogens is 242 g/mol. The summed E-state index contributed by atoms with van der Waals surface area (Å²) in [5.41, 5.74) is 8.48. The van der Waals surface area contributed by atoms with Crippen LogP contribution in [0.2, 0.25) is 0 Å². The number of hydrogen-bond donors (Lipinski definition) is 2. The first-order chi connectivity index (χ1) is 9.09. The molecule has 5 heteroatoms. The highest BCUT2D eigenvalue weighted by Gasteiger charge is 2.22. The molecule has 1 aliphatic heterocycles. The number of anilines is 2. The van der Waals surface area contributed by atoms with Crippen molar-refractivity contribution < 1.29 is 9.53 Å². The number of nitrogen functional groups attached to an aromatic ring is 1. The van der Waals surface area contributed by atoms with Crippen LogP contribution in [0, 0.1) is 6.92 Å². The summed E-state index contributed by atoms with van der Waals surface area (Å²) in [5, 5.41) is 3.24. The summed E-state index contributed by atoms with van der Waals surface area (Å²) in [6.45, 7) is 6.40. The van der Waals surface area contributed by atoms with Crippen LogP contribution >= 0.6 is 0 Å². The van der Waals surface area contributed by atoms with Crippen molar-refractivity contribution in [1.82, 2.24) is 4.90 Å². The lowest BCUT2D eigenvalue weighted by Gasteiger charge is -2.30. The fourth-order valence-electron chi connectivity index (χ4n) is 2.16. The van der Waals surface area contributed by atoms with Crippen LogP contribution in [0.1, 0.15) is 12.5 Å². The Morgan fingerprint density at radius 3 is 2.79 bits per heavy atom. The molecule has 0 aromatic heterocycles. The van der Waals surface area contributed by atoms with Crippen molar-refractivity contribution in [2.75, 3.05) is 37.4 Å². The zero-order valence-electron chi connectivity index (χ0n) is 11.5. The molecule has 1 aromatic carbocycles. The van der Waals surface area contributed by atoms with Crippen molar-refractivity contribution in [3.05, 3.63) is 23.8 Å². The number of morpholine rings is 1. The van der Waals surface area contributed by atoms with Crippen LogP contribution in [0.3, 0.4) is 0 Å². The lowest BCUT2D eigenvalue weighted by atomic mass is 10.1. The topological polar surface area (TPSA) is 67.6 Å². The van der Waals surface area contributed by atoms with Crippen molar-refractivity contribution in [2.24, 2.45) is 0 Å². The average Bonchev–Trinajstić information content (AvgIpc) is 2.44. The maximum Gasteiger partial charge on any atom is 0.244 e. The molecule has 19 heavy (non-hydrogen) atoms. The lowest BCUT2D eigenvalue weighted by molar-refractivity contribution is -0.135. The van der Waals surface area contributed by atoms with Gasteiger partial charge in [-0.15, -0.1) is 0 Å². The Morgan fingerprint density at radius 1 is 1.42 bits per heavy atom. The zero-order valence-corrected chi connectivity index (χ0v) is 11.5. The summed E-state index contributed by atoms with van der Waals surface area (Å²) >= 11 is 0. The molecule has 1 heterocycles. The van der Waals surface area contributed by atoms with Gasteiger partial charge in [0.25, 0.3) is 0 Å². The number of nitrogens with zero attached hydrogens (tertiary/aromatic N) is 1. The molecule has 1 aromatic rings. The number of carbonyl (C=O) groups excluding carboxylic acids is 1. The fraction of sp³-hybridized carbons (Fsp3) is 0.500. The number of amides is 1. The van der Waals surface area contributed by atoms with Crippen molar-refractivity contribution in [3.63, 3.8) is 0 Å². The molecule has 2 rings (SSSR count). The first-order valence-electron chi connectivity index (χ1n) is 6.57. The third-order valence-corrected chi connectivity index (χ3v) is 3.44. The number of nitrogens with two attached hydrogens (primary N) is 1. The van der Waals surface area contributed by atoms with Crippen molar-refractivity contribution in [3.8, 4) is 0 Å². The van der Waals surface area contributed by atoms with Crippen molar-refractivity contribution in [1.29, 1.82) is 0 Å². The van der Waals surface area contributed by atoms with E-state index in [4.69, 9.17) is 10.5 Å². The van der Waals surface area contributed by atoms with Gasteiger partial charge in [0.2, 0.25) is 5.91 Å². The molecule has 3 N–H and O–H groups in total. The van der Waals surface area contributed by atoms with Gasteiger partial charge in [-0.2, -0.15) is 0 Å². The molecule has 0 saturated carbocycles. The van der Waals surface area contributed by atoms with Crippen LogP contribution < -0.4 is 11.1 Å². The zero-order chi connectivity index (χ0) is 13.8. The average molecular weight is 263 g/mol. The van der Waals surface area contributed by atoms with E-state index in [1.54, 1.807) is 0 Å².